The third-order valence-corrected chi connectivity index (χ3v) is 6.51. The number of hydrogen-bond acceptors (Lipinski definition) is 6. The highest BCUT2D eigenvalue weighted by Crippen LogP contribution is 2.28. The Labute approximate surface area is 194 Å². The van der Waals surface area contributed by atoms with E-state index in [4.69, 9.17) is 4.74 Å². The van der Waals surface area contributed by atoms with E-state index in [2.05, 4.69) is 10.3 Å². The van der Waals surface area contributed by atoms with Crippen molar-refractivity contribution in [1.82, 2.24) is 9.55 Å². The Kier molecular flexibility index (Phi) is 6.65. The summed E-state index contributed by atoms with van der Waals surface area (Å²) in [6.07, 6.45) is 1.92. The maximum atomic E-state index is 13.0. The third-order valence-electron chi connectivity index (χ3n) is 5.31. The number of rotatable bonds is 7. The number of carbonyl (C=O) groups is 2. The van der Waals surface area contributed by atoms with Crippen molar-refractivity contribution in [3.05, 3.63) is 92.8 Å². The SMILES string of the molecule is Cc1ccccc1NC(=O)c1sc2ncn(CC(=O)OCCc3ccccc3)c(=O)c2c1C. The summed E-state index contributed by atoms with van der Waals surface area (Å²) in [7, 11) is 0. The van der Waals surface area contributed by atoms with Gasteiger partial charge in [0, 0.05) is 12.1 Å². The van der Waals surface area contributed by atoms with Gasteiger partial charge in [-0.3, -0.25) is 19.0 Å². The second-order valence-corrected chi connectivity index (χ2v) is 8.64. The molecule has 2 aromatic carbocycles. The van der Waals surface area contributed by atoms with Crippen molar-refractivity contribution in [2.24, 2.45) is 0 Å². The van der Waals surface area contributed by atoms with E-state index >= 15 is 0 Å². The molecule has 0 saturated heterocycles. The van der Waals surface area contributed by atoms with Gasteiger partial charge in [0.1, 0.15) is 11.4 Å². The molecule has 0 spiro atoms. The summed E-state index contributed by atoms with van der Waals surface area (Å²) >= 11 is 1.16. The number of aromatic nitrogens is 2. The number of esters is 1. The van der Waals surface area contributed by atoms with Crippen molar-refractivity contribution in [1.29, 1.82) is 0 Å². The van der Waals surface area contributed by atoms with E-state index in [1.807, 2.05) is 61.5 Å². The summed E-state index contributed by atoms with van der Waals surface area (Å²) in [5, 5.41) is 3.23. The average molecular weight is 462 g/mol. The van der Waals surface area contributed by atoms with Crippen molar-refractivity contribution in [3.63, 3.8) is 0 Å². The topological polar surface area (TPSA) is 90.3 Å². The van der Waals surface area contributed by atoms with Crippen LogP contribution in [0, 0.1) is 13.8 Å². The quantitative estimate of drug-likeness (QED) is 0.418. The highest BCUT2D eigenvalue weighted by Gasteiger charge is 2.20. The molecule has 0 saturated carbocycles. The molecule has 0 bridgehead atoms. The molecule has 0 aliphatic heterocycles. The van der Waals surface area contributed by atoms with Gasteiger partial charge in [0.25, 0.3) is 11.5 Å². The van der Waals surface area contributed by atoms with Gasteiger partial charge in [0.15, 0.2) is 0 Å². The highest BCUT2D eigenvalue weighted by atomic mass is 32.1. The summed E-state index contributed by atoms with van der Waals surface area (Å²) < 4.78 is 6.50. The van der Waals surface area contributed by atoms with E-state index in [0.717, 1.165) is 22.5 Å². The predicted molar refractivity (Wildman–Crippen MR) is 129 cm³/mol. The summed E-state index contributed by atoms with van der Waals surface area (Å²) in [4.78, 5) is 43.3. The van der Waals surface area contributed by atoms with Gasteiger partial charge in [-0.25, -0.2) is 4.98 Å². The van der Waals surface area contributed by atoms with E-state index in [0.29, 0.717) is 32.8 Å². The maximum absolute atomic E-state index is 13.0. The summed E-state index contributed by atoms with van der Waals surface area (Å²) in [5.41, 5.74) is 2.89. The van der Waals surface area contributed by atoms with Crippen LogP contribution in [0.25, 0.3) is 10.2 Å². The number of hydrogen-bond donors (Lipinski definition) is 1. The summed E-state index contributed by atoms with van der Waals surface area (Å²) in [6.45, 7) is 3.62. The lowest BCUT2D eigenvalue weighted by atomic mass is 10.2. The van der Waals surface area contributed by atoms with E-state index < -0.39 is 5.97 Å². The molecule has 4 rings (SSSR count). The van der Waals surface area contributed by atoms with E-state index in [1.165, 1.54) is 10.9 Å². The molecule has 0 atom stereocenters. The van der Waals surface area contributed by atoms with Crippen molar-refractivity contribution in [2.45, 2.75) is 26.8 Å². The molecule has 0 aliphatic carbocycles. The first kappa shape index (κ1) is 22.4. The number of benzene rings is 2. The van der Waals surface area contributed by atoms with Crippen molar-refractivity contribution < 1.29 is 14.3 Å². The zero-order valence-electron chi connectivity index (χ0n) is 18.3. The monoisotopic (exact) mass is 461 g/mol. The highest BCUT2D eigenvalue weighted by molar-refractivity contribution is 7.20. The van der Waals surface area contributed by atoms with E-state index in [-0.39, 0.29) is 24.6 Å². The van der Waals surface area contributed by atoms with Gasteiger partial charge in [-0.2, -0.15) is 0 Å². The molecule has 1 N–H and O–H groups in total. The van der Waals surface area contributed by atoms with Gasteiger partial charge in [0.2, 0.25) is 0 Å². The summed E-state index contributed by atoms with van der Waals surface area (Å²) in [5.74, 6) is -0.810. The number of anilines is 1. The molecule has 33 heavy (non-hydrogen) atoms. The zero-order valence-corrected chi connectivity index (χ0v) is 19.1. The van der Waals surface area contributed by atoms with Crippen LogP contribution in [0.1, 0.15) is 26.4 Å². The lowest BCUT2D eigenvalue weighted by Crippen LogP contribution is -2.26. The first-order valence-electron chi connectivity index (χ1n) is 10.5. The first-order valence-corrected chi connectivity index (χ1v) is 11.3. The Hall–Kier alpha value is -3.78. The predicted octanol–water partition coefficient (Wildman–Crippen LogP) is 4.11. The molecule has 0 aliphatic rings. The minimum Gasteiger partial charge on any atom is -0.464 e. The van der Waals surface area contributed by atoms with Crippen LogP contribution < -0.4 is 10.9 Å². The Morgan fingerprint density at radius 3 is 2.55 bits per heavy atom. The number of fused-ring (bicyclic) bond motifs is 1. The molecule has 0 unspecified atom stereocenters. The fraction of sp³-hybridized carbons (Fsp3) is 0.200. The van der Waals surface area contributed by atoms with Crippen LogP contribution >= 0.6 is 11.3 Å². The third kappa shape index (κ3) is 5.01. The Morgan fingerprint density at radius 2 is 1.79 bits per heavy atom. The molecule has 1 amide bonds. The Balaban J connectivity index is 1.48. The van der Waals surface area contributed by atoms with Crippen LogP contribution in [0.4, 0.5) is 5.69 Å². The molecule has 168 valence electrons. The molecule has 2 aromatic heterocycles. The second kappa shape index (κ2) is 9.79. The fourth-order valence-electron chi connectivity index (χ4n) is 3.49. The Morgan fingerprint density at radius 1 is 1.06 bits per heavy atom. The molecule has 7 nitrogen and oxygen atoms in total. The minimum atomic E-state index is -0.514. The van der Waals surface area contributed by atoms with E-state index in [1.54, 1.807) is 6.92 Å². The number of ether oxygens (including phenoxy) is 1. The van der Waals surface area contributed by atoms with Crippen LogP contribution in [-0.2, 0) is 22.5 Å². The molecule has 0 radical (unpaired) electrons. The standard InChI is InChI=1S/C25H23N3O4S/c1-16-8-6-7-11-19(16)27-23(30)22-17(2)21-24(33-22)26-15-28(25(21)31)14-20(29)32-13-12-18-9-4-3-5-10-18/h3-11,15H,12-14H2,1-2H3,(H,27,30). The second-order valence-electron chi connectivity index (χ2n) is 7.64. The fourth-order valence-corrected chi connectivity index (χ4v) is 4.53. The number of para-hydroxylation sites is 1. The van der Waals surface area contributed by atoms with Crippen LogP contribution in [0.5, 0.6) is 0 Å². The van der Waals surface area contributed by atoms with Gasteiger partial charge < -0.3 is 10.1 Å². The van der Waals surface area contributed by atoms with E-state index in [9.17, 15) is 14.4 Å². The number of amides is 1. The number of thiophene rings is 1. The molecule has 0 fully saturated rings. The van der Waals surface area contributed by atoms with Crippen LogP contribution in [0.2, 0.25) is 0 Å². The normalized spacial score (nSPS) is 10.8. The number of carbonyl (C=O) groups excluding carboxylic acids is 2. The van der Waals surface area contributed by atoms with Gasteiger partial charge in [-0.1, -0.05) is 48.5 Å². The number of nitrogens with one attached hydrogen (secondary N) is 1. The average Bonchev–Trinajstić information content (AvgIpc) is 3.15. The van der Waals surface area contributed by atoms with Gasteiger partial charge >= 0.3 is 5.97 Å². The Bertz CT molecular complexity index is 1380. The van der Waals surface area contributed by atoms with Gasteiger partial charge in [0.05, 0.1) is 23.2 Å². The van der Waals surface area contributed by atoms with Crippen molar-refractivity contribution >= 4 is 39.1 Å². The van der Waals surface area contributed by atoms with Gasteiger partial charge in [-0.15, -0.1) is 11.3 Å². The number of nitrogens with zero attached hydrogens (tertiary/aromatic N) is 2. The first-order chi connectivity index (χ1) is 15.9. The molecule has 2 heterocycles. The minimum absolute atomic E-state index is 0.230. The van der Waals surface area contributed by atoms with Crippen molar-refractivity contribution in [2.75, 3.05) is 11.9 Å². The van der Waals surface area contributed by atoms with Crippen LogP contribution in [-0.4, -0.2) is 28.0 Å². The molecule has 8 heteroatoms. The smallest absolute Gasteiger partial charge is 0.326 e. The number of aryl methyl sites for hydroxylation is 2. The van der Waals surface area contributed by atoms with Gasteiger partial charge in [-0.05, 0) is 36.6 Å². The van der Waals surface area contributed by atoms with Crippen LogP contribution in [0.15, 0.2) is 65.7 Å². The van der Waals surface area contributed by atoms with Crippen LogP contribution in [0.3, 0.4) is 0 Å². The van der Waals surface area contributed by atoms with Crippen molar-refractivity contribution in [3.8, 4) is 0 Å². The lowest BCUT2D eigenvalue weighted by molar-refractivity contribution is -0.144. The molecular formula is C25H23N3O4S. The molecular weight excluding hydrogens is 438 g/mol. The molecule has 4 aromatic rings. The largest absolute Gasteiger partial charge is 0.464 e. The maximum Gasteiger partial charge on any atom is 0.326 e. The lowest BCUT2D eigenvalue weighted by Gasteiger charge is -2.07. The zero-order chi connectivity index (χ0) is 23.4. The summed E-state index contributed by atoms with van der Waals surface area (Å²) in [6, 6.07) is 17.2.